The molecule has 2 unspecified atom stereocenters. The summed E-state index contributed by atoms with van der Waals surface area (Å²) in [5.41, 5.74) is 0.803. The normalized spacial score (nSPS) is 20.4. The van der Waals surface area contributed by atoms with Crippen LogP contribution in [-0.4, -0.2) is 19.0 Å². The molecule has 2 rings (SSSR count). The van der Waals surface area contributed by atoms with Gasteiger partial charge in [-0.05, 0) is 62.9 Å². The Morgan fingerprint density at radius 1 is 1.55 bits per heavy atom. The molecule has 0 radical (unpaired) electrons. The molecule has 1 heterocycles. The number of hydrogen-bond donors (Lipinski definition) is 2. The van der Waals surface area contributed by atoms with Crippen LogP contribution in [0.15, 0.2) is 24.3 Å². The van der Waals surface area contributed by atoms with Gasteiger partial charge in [0.1, 0.15) is 5.82 Å². The summed E-state index contributed by atoms with van der Waals surface area (Å²) in [5.74, 6) is 0.392. The zero-order valence-corrected chi connectivity index (χ0v) is 12.0. The van der Waals surface area contributed by atoms with Gasteiger partial charge in [-0.3, -0.25) is 4.79 Å². The van der Waals surface area contributed by atoms with Gasteiger partial charge in [-0.15, -0.1) is 0 Å². The van der Waals surface area contributed by atoms with E-state index in [2.05, 4.69) is 10.6 Å². The van der Waals surface area contributed by atoms with E-state index in [4.69, 9.17) is 0 Å². The molecule has 2 atom stereocenters. The lowest BCUT2D eigenvalue weighted by atomic mass is 9.94. The van der Waals surface area contributed by atoms with Crippen molar-refractivity contribution >= 4 is 5.91 Å². The standard InChI is InChI=1S/C16H23FN2O/c1-12(14-5-2-6-15(17)10-14)19-16(20)8-7-13-4-3-9-18-11-13/h2,5-6,10,12-13,18H,3-4,7-9,11H2,1H3,(H,19,20). The molecule has 0 aromatic heterocycles. The van der Waals surface area contributed by atoms with Crippen LogP contribution in [0.4, 0.5) is 4.39 Å². The minimum atomic E-state index is -0.267. The molecule has 0 saturated carbocycles. The average Bonchev–Trinajstić information content (AvgIpc) is 2.46. The molecule has 4 heteroatoms. The highest BCUT2D eigenvalue weighted by Gasteiger charge is 2.15. The molecule has 3 nitrogen and oxygen atoms in total. The van der Waals surface area contributed by atoms with Crippen LogP contribution in [0, 0.1) is 11.7 Å². The Morgan fingerprint density at radius 2 is 2.40 bits per heavy atom. The van der Waals surface area contributed by atoms with E-state index in [-0.39, 0.29) is 17.8 Å². The first-order valence-corrected chi connectivity index (χ1v) is 7.40. The van der Waals surface area contributed by atoms with Crippen LogP contribution in [0.5, 0.6) is 0 Å². The van der Waals surface area contributed by atoms with Gasteiger partial charge in [-0.2, -0.15) is 0 Å². The van der Waals surface area contributed by atoms with Crippen molar-refractivity contribution in [3.8, 4) is 0 Å². The third kappa shape index (κ3) is 4.60. The number of rotatable bonds is 5. The number of halogens is 1. The molecule has 0 bridgehead atoms. The van der Waals surface area contributed by atoms with Crippen molar-refractivity contribution in [2.24, 2.45) is 5.92 Å². The molecule has 1 fully saturated rings. The molecule has 1 aromatic carbocycles. The van der Waals surface area contributed by atoms with Gasteiger partial charge < -0.3 is 10.6 Å². The Balaban J connectivity index is 1.76. The molecular formula is C16H23FN2O. The van der Waals surface area contributed by atoms with Crippen LogP contribution < -0.4 is 10.6 Å². The average molecular weight is 278 g/mol. The van der Waals surface area contributed by atoms with Crippen molar-refractivity contribution in [2.75, 3.05) is 13.1 Å². The second-order valence-electron chi connectivity index (χ2n) is 5.60. The minimum absolute atomic E-state index is 0.0485. The maximum absolute atomic E-state index is 13.1. The summed E-state index contributed by atoms with van der Waals surface area (Å²) in [5, 5.41) is 6.29. The third-order valence-corrected chi connectivity index (χ3v) is 3.90. The Hall–Kier alpha value is -1.42. The zero-order valence-electron chi connectivity index (χ0n) is 12.0. The molecule has 1 aromatic rings. The highest BCUT2D eigenvalue weighted by Crippen LogP contribution is 2.17. The monoisotopic (exact) mass is 278 g/mol. The van der Waals surface area contributed by atoms with Gasteiger partial charge in [0, 0.05) is 6.42 Å². The predicted molar refractivity (Wildman–Crippen MR) is 77.8 cm³/mol. The van der Waals surface area contributed by atoms with Gasteiger partial charge in [-0.1, -0.05) is 12.1 Å². The third-order valence-electron chi connectivity index (χ3n) is 3.90. The summed E-state index contributed by atoms with van der Waals surface area (Å²) in [6, 6.07) is 6.23. The summed E-state index contributed by atoms with van der Waals surface area (Å²) in [7, 11) is 0. The lowest BCUT2D eigenvalue weighted by Crippen LogP contribution is -2.31. The van der Waals surface area contributed by atoms with E-state index < -0.39 is 0 Å². The van der Waals surface area contributed by atoms with Gasteiger partial charge in [0.15, 0.2) is 0 Å². The van der Waals surface area contributed by atoms with Crippen molar-refractivity contribution in [1.29, 1.82) is 0 Å². The molecule has 1 aliphatic rings. The Bertz CT molecular complexity index is 444. The van der Waals surface area contributed by atoms with E-state index >= 15 is 0 Å². The van der Waals surface area contributed by atoms with Gasteiger partial charge >= 0.3 is 0 Å². The number of hydrogen-bond acceptors (Lipinski definition) is 2. The number of piperidine rings is 1. The van der Waals surface area contributed by atoms with Gasteiger partial charge in [0.25, 0.3) is 0 Å². The summed E-state index contributed by atoms with van der Waals surface area (Å²) >= 11 is 0. The Morgan fingerprint density at radius 3 is 3.10 bits per heavy atom. The largest absolute Gasteiger partial charge is 0.350 e. The Kier molecular flexibility index (Phi) is 5.53. The number of nitrogens with one attached hydrogen (secondary N) is 2. The molecule has 1 saturated heterocycles. The van der Waals surface area contributed by atoms with E-state index in [9.17, 15) is 9.18 Å². The Labute approximate surface area is 120 Å². The van der Waals surface area contributed by atoms with Crippen LogP contribution in [0.25, 0.3) is 0 Å². The summed E-state index contributed by atoms with van der Waals surface area (Å²) < 4.78 is 13.1. The number of benzene rings is 1. The summed E-state index contributed by atoms with van der Waals surface area (Å²) in [6.45, 7) is 4.00. The smallest absolute Gasteiger partial charge is 0.220 e. The lowest BCUT2D eigenvalue weighted by molar-refractivity contribution is -0.122. The van der Waals surface area contributed by atoms with Crippen molar-refractivity contribution < 1.29 is 9.18 Å². The maximum atomic E-state index is 13.1. The van der Waals surface area contributed by atoms with Gasteiger partial charge in [0.05, 0.1) is 6.04 Å². The van der Waals surface area contributed by atoms with Gasteiger partial charge in [-0.25, -0.2) is 4.39 Å². The fourth-order valence-corrected chi connectivity index (χ4v) is 2.68. The van der Waals surface area contributed by atoms with E-state index in [1.165, 1.54) is 25.0 Å². The van der Waals surface area contributed by atoms with Crippen LogP contribution in [-0.2, 0) is 4.79 Å². The van der Waals surface area contributed by atoms with E-state index in [1.807, 2.05) is 13.0 Å². The van der Waals surface area contributed by atoms with Crippen LogP contribution >= 0.6 is 0 Å². The highest BCUT2D eigenvalue weighted by atomic mass is 19.1. The number of amides is 1. The summed E-state index contributed by atoms with van der Waals surface area (Å²) in [6.07, 6.45) is 3.88. The molecule has 1 aliphatic heterocycles. The number of carbonyl (C=O) groups excluding carboxylic acids is 1. The molecule has 0 spiro atoms. The fraction of sp³-hybridized carbons (Fsp3) is 0.562. The predicted octanol–water partition coefficient (Wildman–Crippen LogP) is 2.78. The SMILES string of the molecule is CC(NC(=O)CCC1CCCNC1)c1cccc(F)c1. The molecule has 110 valence electrons. The molecule has 1 amide bonds. The van der Waals surface area contributed by atoms with Crippen molar-refractivity contribution in [2.45, 2.75) is 38.6 Å². The first kappa shape index (κ1) is 15.0. The minimum Gasteiger partial charge on any atom is -0.350 e. The van der Waals surface area contributed by atoms with Crippen LogP contribution in [0.3, 0.4) is 0 Å². The van der Waals surface area contributed by atoms with Crippen molar-refractivity contribution in [3.63, 3.8) is 0 Å². The van der Waals surface area contributed by atoms with Crippen molar-refractivity contribution in [1.82, 2.24) is 10.6 Å². The lowest BCUT2D eigenvalue weighted by Gasteiger charge is -2.22. The first-order chi connectivity index (χ1) is 9.65. The summed E-state index contributed by atoms with van der Waals surface area (Å²) in [4.78, 5) is 11.9. The van der Waals surface area contributed by atoms with E-state index in [0.29, 0.717) is 12.3 Å². The van der Waals surface area contributed by atoms with E-state index in [0.717, 1.165) is 25.1 Å². The topological polar surface area (TPSA) is 41.1 Å². The van der Waals surface area contributed by atoms with Crippen molar-refractivity contribution in [3.05, 3.63) is 35.6 Å². The second-order valence-corrected chi connectivity index (χ2v) is 5.60. The number of carbonyl (C=O) groups is 1. The van der Waals surface area contributed by atoms with Crippen LogP contribution in [0.2, 0.25) is 0 Å². The molecule has 2 N–H and O–H groups in total. The van der Waals surface area contributed by atoms with Crippen LogP contribution in [0.1, 0.15) is 44.2 Å². The second kappa shape index (κ2) is 7.39. The zero-order chi connectivity index (χ0) is 14.4. The highest BCUT2D eigenvalue weighted by molar-refractivity contribution is 5.76. The van der Waals surface area contributed by atoms with Gasteiger partial charge in [0.2, 0.25) is 5.91 Å². The molecule has 0 aliphatic carbocycles. The maximum Gasteiger partial charge on any atom is 0.220 e. The first-order valence-electron chi connectivity index (χ1n) is 7.40. The van der Waals surface area contributed by atoms with E-state index in [1.54, 1.807) is 6.07 Å². The molecular weight excluding hydrogens is 255 g/mol. The fourth-order valence-electron chi connectivity index (χ4n) is 2.68. The quantitative estimate of drug-likeness (QED) is 0.869. The molecule has 20 heavy (non-hydrogen) atoms.